The number of nitrogens with two attached hydrogens (primary N) is 1. The van der Waals surface area contributed by atoms with Gasteiger partial charge in [0.2, 0.25) is 11.8 Å². The van der Waals surface area contributed by atoms with Crippen molar-refractivity contribution in [3.8, 4) is 0 Å². The van der Waals surface area contributed by atoms with Gasteiger partial charge >= 0.3 is 6.09 Å². The molecule has 0 bridgehead atoms. The number of hydrogen-bond donors (Lipinski definition) is 2. The van der Waals surface area contributed by atoms with E-state index in [1.165, 1.54) is 43.4 Å². The molecule has 8 nitrogen and oxygen atoms in total. The molecule has 2 atom stereocenters. The second-order valence-corrected chi connectivity index (χ2v) is 12.4. The molecule has 2 aliphatic carbocycles. The fourth-order valence-electron chi connectivity index (χ4n) is 5.73. The first-order chi connectivity index (χ1) is 16.4. The zero-order valence-corrected chi connectivity index (χ0v) is 23.9. The van der Waals surface area contributed by atoms with E-state index in [0.29, 0.717) is 17.3 Å². The van der Waals surface area contributed by atoms with Crippen molar-refractivity contribution in [3.63, 3.8) is 0 Å². The van der Waals surface area contributed by atoms with Crippen molar-refractivity contribution < 1.29 is 19.5 Å². The molecule has 0 aromatic heterocycles. The van der Waals surface area contributed by atoms with Crippen molar-refractivity contribution >= 4 is 30.3 Å². The third-order valence-corrected chi connectivity index (χ3v) is 8.86. The normalized spacial score (nSPS) is 23.1. The number of piperidine rings is 2. The zero-order chi connectivity index (χ0) is 26.0. The van der Waals surface area contributed by atoms with Crippen molar-refractivity contribution in [1.82, 2.24) is 14.7 Å². The number of carboxylic acid groups (broad SMARTS) is 1. The van der Waals surface area contributed by atoms with E-state index in [2.05, 4.69) is 0 Å². The van der Waals surface area contributed by atoms with Gasteiger partial charge in [0.25, 0.3) is 0 Å². The number of carbonyl (C=O) groups excluding carboxylic acids is 2. The Balaban J connectivity index is 0.000000265. The van der Waals surface area contributed by atoms with Gasteiger partial charge in [-0.2, -0.15) is 0 Å². The van der Waals surface area contributed by atoms with Gasteiger partial charge in [0, 0.05) is 31.7 Å². The highest BCUT2D eigenvalue weighted by Gasteiger charge is 2.47. The molecule has 2 aliphatic heterocycles. The topological polar surface area (TPSA) is 107 Å². The van der Waals surface area contributed by atoms with Crippen LogP contribution in [0.1, 0.15) is 98.8 Å². The summed E-state index contributed by atoms with van der Waals surface area (Å²) >= 11 is 0. The van der Waals surface area contributed by atoms with Crippen LogP contribution in [0.4, 0.5) is 4.79 Å². The molecule has 2 heterocycles. The summed E-state index contributed by atoms with van der Waals surface area (Å²) in [6.45, 7) is 12.8. The maximum Gasteiger partial charge on any atom is 0.408 e. The van der Waals surface area contributed by atoms with Crippen LogP contribution in [0.25, 0.3) is 0 Å². The van der Waals surface area contributed by atoms with Crippen molar-refractivity contribution in [2.75, 3.05) is 26.2 Å². The lowest BCUT2D eigenvalue weighted by Crippen LogP contribution is -2.58. The molecule has 4 aliphatic rings. The van der Waals surface area contributed by atoms with Crippen molar-refractivity contribution in [2.45, 2.75) is 116 Å². The maximum atomic E-state index is 12.8. The van der Waals surface area contributed by atoms with E-state index < -0.39 is 17.7 Å². The minimum atomic E-state index is -1.02. The van der Waals surface area contributed by atoms with Gasteiger partial charge in [-0.1, -0.05) is 13.8 Å². The Bertz CT molecular complexity index is 771. The van der Waals surface area contributed by atoms with Crippen LogP contribution in [0.15, 0.2) is 0 Å². The largest absolute Gasteiger partial charge is 0.465 e. The lowest BCUT2D eigenvalue weighted by Gasteiger charge is -2.42. The highest BCUT2D eigenvalue weighted by Crippen LogP contribution is 2.54. The van der Waals surface area contributed by atoms with Crippen LogP contribution in [0, 0.1) is 10.8 Å². The molecule has 4 fully saturated rings. The smallest absolute Gasteiger partial charge is 0.408 e. The second-order valence-electron chi connectivity index (χ2n) is 12.4. The highest BCUT2D eigenvalue weighted by molar-refractivity contribution is 5.86. The molecule has 0 aromatic carbocycles. The molecule has 208 valence electrons. The van der Waals surface area contributed by atoms with E-state index in [1.54, 1.807) is 0 Å². The summed E-state index contributed by atoms with van der Waals surface area (Å²) in [7, 11) is 0. The van der Waals surface area contributed by atoms with E-state index in [1.807, 2.05) is 44.4 Å². The second kappa shape index (κ2) is 11.9. The quantitative estimate of drug-likeness (QED) is 0.546. The third kappa shape index (κ3) is 7.27. The summed E-state index contributed by atoms with van der Waals surface area (Å²) in [5.74, 6) is 0.133. The molecule has 36 heavy (non-hydrogen) atoms. The van der Waals surface area contributed by atoms with Crippen LogP contribution in [-0.2, 0) is 9.59 Å². The van der Waals surface area contributed by atoms with E-state index >= 15 is 0 Å². The Labute approximate surface area is 223 Å². The first-order valence-corrected chi connectivity index (χ1v) is 13.7. The predicted octanol–water partition coefficient (Wildman–Crippen LogP) is 4.49. The Morgan fingerprint density at radius 1 is 0.806 bits per heavy atom. The van der Waals surface area contributed by atoms with Crippen molar-refractivity contribution in [2.24, 2.45) is 16.6 Å². The summed E-state index contributed by atoms with van der Waals surface area (Å²) in [6, 6.07) is -0.848. The number of halogens is 1. The van der Waals surface area contributed by atoms with Gasteiger partial charge in [-0.3, -0.25) is 14.5 Å². The summed E-state index contributed by atoms with van der Waals surface area (Å²) < 4.78 is 0. The molecule has 2 spiro atoms. The number of rotatable bonds is 5. The first kappa shape index (κ1) is 30.7. The minimum absolute atomic E-state index is 0. The van der Waals surface area contributed by atoms with E-state index in [9.17, 15) is 19.5 Å². The molecular weight excluding hydrogens is 480 g/mol. The van der Waals surface area contributed by atoms with Gasteiger partial charge in [-0.15, -0.1) is 12.4 Å². The molecule has 9 heteroatoms. The summed E-state index contributed by atoms with van der Waals surface area (Å²) in [5, 5.41) is 9.51. The Kier molecular flexibility index (Phi) is 10.1. The summed E-state index contributed by atoms with van der Waals surface area (Å²) in [5.41, 5.74) is 6.33. The van der Waals surface area contributed by atoms with Crippen LogP contribution in [0.2, 0.25) is 0 Å². The molecule has 4 rings (SSSR count). The molecule has 3 amide bonds. The fraction of sp³-hybridized carbons (Fsp3) is 0.889. The van der Waals surface area contributed by atoms with Crippen molar-refractivity contribution in [1.29, 1.82) is 0 Å². The number of carbonyl (C=O) groups is 3. The van der Waals surface area contributed by atoms with Crippen LogP contribution in [-0.4, -0.2) is 81.5 Å². The molecule has 0 radical (unpaired) electrons. The van der Waals surface area contributed by atoms with Gasteiger partial charge in [0.05, 0.1) is 6.04 Å². The van der Waals surface area contributed by atoms with Gasteiger partial charge in [-0.05, 0) is 95.8 Å². The molecule has 0 aromatic rings. The molecular formula is C27H49ClN4O4. The van der Waals surface area contributed by atoms with E-state index in [4.69, 9.17) is 5.73 Å². The highest BCUT2D eigenvalue weighted by atomic mass is 35.5. The SMILES string of the molecule is CCC(C(=O)N1CCC2(CC1)CC2)N(C(=O)O)C(C)(C)C.CCC(N)C(=O)N1CCC2(CC1)CC2.Cl. The predicted molar refractivity (Wildman–Crippen MR) is 144 cm³/mol. The molecule has 3 N–H and O–H groups in total. The molecule has 2 unspecified atom stereocenters. The van der Waals surface area contributed by atoms with Gasteiger partial charge in [0.15, 0.2) is 0 Å². The Morgan fingerprint density at radius 2 is 1.19 bits per heavy atom. The van der Waals surface area contributed by atoms with Crippen LogP contribution in [0.5, 0.6) is 0 Å². The van der Waals surface area contributed by atoms with Gasteiger partial charge < -0.3 is 20.6 Å². The number of nitrogens with zero attached hydrogens (tertiary/aromatic N) is 3. The third-order valence-electron chi connectivity index (χ3n) is 8.86. The van der Waals surface area contributed by atoms with Crippen LogP contribution in [0.3, 0.4) is 0 Å². The monoisotopic (exact) mass is 528 g/mol. The standard InChI is InChI=1S/C16H28N2O3.C11H20N2O.ClH/c1-5-12(18(14(20)21)15(2,3)4)13(19)17-10-8-16(6-7-16)9-11-17;1-2-9(12)10(14)13-7-5-11(3-4-11)6-8-13;/h12H,5-11H2,1-4H3,(H,20,21);9H,2-8,12H2,1H3;1H. The van der Waals surface area contributed by atoms with Gasteiger partial charge in [0.1, 0.15) is 6.04 Å². The van der Waals surface area contributed by atoms with E-state index in [-0.39, 0.29) is 30.3 Å². The number of amides is 3. The summed E-state index contributed by atoms with van der Waals surface area (Å²) in [4.78, 5) is 41.3. The van der Waals surface area contributed by atoms with Crippen LogP contribution >= 0.6 is 12.4 Å². The van der Waals surface area contributed by atoms with Gasteiger partial charge in [-0.25, -0.2) is 4.79 Å². The average molecular weight is 529 g/mol. The average Bonchev–Trinajstić information content (AvgIpc) is 3.75. The minimum Gasteiger partial charge on any atom is -0.465 e. The molecule has 2 saturated heterocycles. The summed E-state index contributed by atoms with van der Waals surface area (Å²) in [6.07, 6.45) is 10.2. The van der Waals surface area contributed by atoms with Crippen molar-refractivity contribution in [3.05, 3.63) is 0 Å². The molecule has 2 saturated carbocycles. The number of likely N-dealkylation sites (tertiary alicyclic amines) is 2. The van der Waals surface area contributed by atoms with Crippen LogP contribution < -0.4 is 5.73 Å². The lowest BCUT2D eigenvalue weighted by atomic mass is 9.92. The van der Waals surface area contributed by atoms with E-state index in [0.717, 1.165) is 45.4 Å². The maximum absolute atomic E-state index is 12.8. The lowest BCUT2D eigenvalue weighted by molar-refractivity contribution is -0.140. The fourth-order valence-corrected chi connectivity index (χ4v) is 5.73. The Hall–Kier alpha value is -1.54. The Morgan fingerprint density at radius 3 is 1.47 bits per heavy atom. The number of hydrogen-bond acceptors (Lipinski definition) is 4. The first-order valence-electron chi connectivity index (χ1n) is 13.7. The zero-order valence-electron chi connectivity index (χ0n) is 23.1.